The average Bonchev–Trinajstić information content (AvgIpc) is 2.95. The van der Waals surface area contributed by atoms with E-state index < -0.39 is 0 Å². The smallest absolute Gasteiger partial charge is 0.168 e. The summed E-state index contributed by atoms with van der Waals surface area (Å²) in [5, 5.41) is 0. The van der Waals surface area contributed by atoms with Gasteiger partial charge < -0.3 is 19.9 Å². The van der Waals surface area contributed by atoms with E-state index >= 15 is 0 Å². The molecule has 2 fully saturated rings. The fourth-order valence-electron chi connectivity index (χ4n) is 3.21. The third-order valence-electron chi connectivity index (χ3n) is 4.46. The lowest BCUT2D eigenvalue weighted by molar-refractivity contribution is -0.0920. The maximum atomic E-state index is 12.8. The minimum Gasteiger partial charge on any atom is -0.497 e. The van der Waals surface area contributed by atoms with Crippen LogP contribution in [0.1, 0.15) is 29.6 Å². The van der Waals surface area contributed by atoms with E-state index in [0.717, 1.165) is 12.8 Å². The summed E-state index contributed by atoms with van der Waals surface area (Å²) in [5.74, 6) is 0.675. The minimum absolute atomic E-state index is 0.0603. The van der Waals surface area contributed by atoms with Crippen LogP contribution in [0.3, 0.4) is 0 Å². The van der Waals surface area contributed by atoms with E-state index in [-0.39, 0.29) is 17.3 Å². The summed E-state index contributed by atoms with van der Waals surface area (Å²) < 4.78 is 16.5. The van der Waals surface area contributed by atoms with Crippen molar-refractivity contribution < 1.29 is 19.0 Å². The first-order valence-corrected chi connectivity index (χ1v) is 7.33. The third kappa shape index (κ3) is 2.76. The van der Waals surface area contributed by atoms with Crippen LogP contribution in [0.2, 0.25) is 0 Å². The molecule has 1 spiro atoms. The first-order valence-electron chi connectivity index (χ1n) is 7.33. The Morgan fingerprint density at radius 3 is 3.00 bits per heavy atom. The number of rotatable bonds is 3. The second kappa shape index (κ2) is 5.66. The average molecular weight is 291 g/mol. The van der Waals surface area contributed by atoms with Gasteiger partial charge in [0.15, 0.2) is 5.78 Å². The largest absolute Gasteiger partial charge is 0.497 e. The highest BCUT2D eigenvalue weighted by Gasteiger charge is 2.43. The highest BCUT2D eigenvalue weighted by Crippen LogP contribution is 2.38. The van der Waals surface area contributed by atoms with E-state index in [2.05, 4.69) is 0 Å². The number of hydrogen-bond donors (Lipinski definition) is 1. The molecular weight excluding hydrogens is 270 g/mol. The molecule has 2 aliphatic rings. The van der Waals surface area contributed by atoms with Crippen LogP contribution in [0.4, 0.5) is 5.69 Å². The molecule has 2 unspecified atom stereocenters. The zero-order valence-electron chi connectivity index (χ0n) is 12.3. The summed E-state index contributed by atoms with van der Waals surface area (Å²) in [6, 6.07) is 5.22. The topological polar surface area (TPSA) is 70.8 Å². The van der Waals surface area contributed by atoms with Gasteiger partial charge in [-0.3, -0.25) is 4.79 Å². The van der Waals surface area contributed by atoms with E-state index in [4.69, 9.17) is 19.9 Å². The van der Waals surface area contributed by atoms with Crippen LogP contribution in [0.5, 0.6) is 5.75 Å². The number of Topliss-reactive ketones (excluding diaryl/α,β-unsaturated/α-hetero) is 1. The highest BCUT2D eigenvalue weighted by molar-refractivity contribution is 6.02. The fourth-order valence-corrected chi connectivity index (χ4v) is 3.21. The first kappa shape index (κ1) is 14.4. The van der Waals surface area contributed by atoms with Crippen LogP contribution >= 0.6 is 0 Å². The van der Waals surface area contributed by atoms with Gasteiger partial charge in [0.2, 0.25) is 0 Å². The molecule has 21 heavy (non-hydrogen) atoms. The molecule has 1 aromatic rings. The Morgan fingerprint density at radius 2 is 2.29 bits per heavy atom. The molecule has 0 saturated carbocycles. The van der Waals surface area contributed by atoms with E-state index in [1.54, 1.807) is 25.3 Å². The van der Waals surface area contributed by atoms with Gasteiger partial charge in [0, 0.05) is 36.8 Å². The third-order valence-corrected chi connectivity index (χ3v) is 4.46. The summed E-state index contributed by atoms with van der Waals surface area (Å²) in [5.41, 5.74) is 6.75. The molecule has 0 radical (unpaired) electrons. The predicted octanol–water partition coefficient (Wildman–Crippen LogP) is 2.05. The number of anilines is 1. The molecule has 2 N–H and O–H groups in total. The standard InChI is InChI=1S/C16H21NO4/c1-19-12-2-3-14(17)13(8-12)15(18)11-4-6-21-16(9-11)5-7-20-10-16/h2-3,8,11H,4-7,9-10,17H2,1H3. The number of carbonyl (C=O) groups is 1. The van der Waals surface area contributed by atoms with Crippen molar-refractivity contribution in [3.63, 3.8) is 0 Å². The molecule has 2 saturated heterocycles. The fraction of sp³-hybridized carbons (Fsp3) is 0.562. The van der Waals surface area contributed by atoms with E-state index in [1.807, 2.05) is 0 Å². The zero-order valence-corrected chi connectivity index (χ0v) is 12.3. The van der Waals surface area contributed by atoms with Crippen molar-refractivity contribution in [2.75, 3.05) is 32.7 Å². The van der Waals surface area contributed by atoms with E-state index in [9.17, 15) is 4.79 Å². The van der Waals surface area contributed by atoms with Gasteiger partial charge >= 0.3 is 0 Å². The van der Waals surface area contributed by atoms with Crippen LogP contribution in [-0.2, 0) is 9.47 Å². The minimum atomic E-state index is -0.272. The molecule has 5 nitrogen and oxygen atoms in total. The SMILES string of the molecule is COc1ccc(N)c(C(=O)C2CCOC3(CCOC3)C2)c1. The number of ether oxygens (including phenoxy) is 3. The number of hydrogen-bond acceptors (Lipinski definition) is 5. The van der Waals surface area contributed by atoms with Crippen LogP contribution in [-0.4, -0.2) is 38.3 Å². The normalized spacial score (nSPS) is 28.7. The van der Waals surface area contributed by atoms with Crippen molar-refractivity contribution >= 4 is 11.5 Å². The maximum Gasteiger partial charge on any atom is 0.168 e. The molecule has 2 atom stereocenters. The summed E-state index contributed by atoms with van der Waals surface area (Å²) in [4.78, 5) is 12.8. The number of carbonyl (C=O) groups excluding carboxylic acids is 1. The van der Waals surface area contributed by atoms with Crippen molar-refractivity contribution in [1.82, 2.24) is 0 Å². The molecule has 1 aromatic carbocycles. The number of benzene rings is 1. The molecular formula is C16H21NO4. The van der Waals surface area contributed by atoms with Gasteiger partial charge in [-0.05, 0) is 31.0 Å². The van der Waals surface area contributed by atoms with Crippen LogP contribution in [0.25, 0.3) is 0 Å². The van der Waals surface area contributed by atoms with Crippen LogP contribution < -0.4 is 10.5 Å². The second-order valence-corrected chi connectivity index (χ2v) is 5.84. The molecule has 5 heteroatoms. The van der Waals surface area contributed by atoms with Crippen molar-refractivity contribution in [2.45, 2.75) is 24.9 Å². The monoisotopic (exact) mass is 291 g/mol. The molecule has 0 bridgehead atoms. The summed E-state index contributed by atoms with van der Waals surface area (Å²) in [7, 11) is 1.58. The van der Waals surface area contributed by atoms with Crippen molar-refractivity contribution in [1.29, 1.82) is 0 Å². The summed E-state index contributed by atoms with van der Waals surface area (Å²) in [6.45, 7) is 1.90. The lowest BCUT2D eigenvalue weighted by Gasteiger charge is -2.36. The molecule has 2 aliphatic heterocycles. The number of methoxy groups -OCH3 is 1. The maximum absolute atomic E-state index is 12.8. The Kier molecular flexibility index (Phi) is 3.87. The Hall–Kier alpha value is -1.59. The Morgan fingerprint density at radius 1 is 1.43 bits per heavy atom. The molecule has 0 aliphatic carbocycles. The molecule has 3 rings (SSSR count). The molecule has 114 valence electrons. The van der Waals surface area contributed by atoms with Gasteiger partial charge in [0.1, 0.15) is 5.75 Å². The molecule has 2 heterocycles. The van der Waals surface area contributed by atoms with Crippen molar-refractivity contribution in [3.05, 3.63) is 23.8 Å². The van der Waals surface area contributed by atoms with Crippen LogP contribution in [0.15, 0.2) is 18.2 Å². The van der Waals surface area contributed by atoms with Crippen molar-refractivity contribution in [3.8, 4) is 5.75 Å². The van der Waals surface area contributed by atoms with E-state index in [0.29, 0.717) is 43.2 Å². The molecule has 0 amide bonds. The summed E-state index contributed by atoms with van der Waals surface area (Å²) in [6.07, 6.45) is 2.31. The Labute approximate surface area is 124 Å². The number of nitrogens with two attached hydrogens (primary N) is 1. The van der Waals surface area contributed by atoms with Gasteiger partial charge in [0.25, 0.3) is 0 Å². The second-order valence-electron chi connectivity index (χ2n) is 5.84. The summed E-state index contributed by atoms with van der Waals surface area (Å²) >= 11 is 0. The van der Waals surface area contributed by atoms with E-state index in [1.165, 1.54) is 0 Å². The number of ketones is 1. The van der Waals surface area contributed by atoms with Gasteiger partial charge in [-0.25, -0.2) is 0 Å². The van der Waals surface area contributed by atoms with Gasteiger partial charge in [-0.1, -0.05) is 0 Å². The van der Waals surface area contributed by atoms with Gasteiger partial charge in [0.05, 0.1) is 19.3 Å². The quantitative estimate of drug-likeness (QED) is 0.681. The predicted molar refractivity (Wildman–Crippen MR) is 78.6 cm³/mol. The Bertz CT molecular complexity index is 537. The lowest BCUT2D eigenvalue weighted by atomic mass is 9.81. The number of nitrogen functional groups attached to an aromatic ring is 1. The van der Waals surface area contributed by atoms with Crippen LogP contribution in [0, 0.1) is 5.92 Å². The molecule has 0 aromatic heterocycles. The first-order chi connectivity index (χ1) is 10.1. The van der Waals surface area contributed by atoms with Gasteiger partial charge in [-0.2, -0.15) is 0 Å². The lowest BCUT2D eigenvalue weighted by Crippen LogP contribution is -2.42. The Balaban J connectivity index is 1.81. The highest BCUT2D eigenvalue weighted by atomic mass is 16.6. The van der Waals surface area contributed by atoms with Gasteiger partial charge in [-0.15, -0.1) is 0 Å². The zero-order chi connectivity index (χ0) is 14.9. The van der Waals surface area contributed by atoms with Crippen molar-refractivity contribution in [2.24, 2.45) is 5.92 Å².